The fourth-order valence-electron chi connectivity index (χ4n) is 2.82. The minimum absolute atomic E-state index is 0.901. The predicted molar refractivity (Wildman–Crippen MR) is 103 cm³/mol. The van der Waals surface area contributed by atoms with E-state index in [0.29, 0.717) is 0 Å². The number of allylic oxidation sites excluding steroid dienone is 1. The predicted octanol–water partition coefficient (Wildman–Crippen LogP) is 5.12. The standard InChI is InChI=1S/C21H26OSi/c1-4-5-9-18(16-22)17-23(2,3)21-14-12-20(13-15-21)19-10-7-6-8-11-19/h6-8,10-17H,4-5,9H2,1-3H3/b18-17-. The Bertz CT molecular complexity index is 654. The molecule has 0 aliphatic carbocycles. The molecule has 0 N–H and O–H groups in total. The lowest BCUT2D eigenvalue weighted by Gasteiger charge is -2.20. The van der Waals surface area contributed by atoms with Crippen LogP contribution in [0.25, 0.3) is 11.1 Å². The summed E-state index contributed by atoms with van der Waals surface area (Å²) in [5.74, 6) is 0. The van der Waals surface area contributed by atoms with Gasteiger partial charge in [0, 0.05) is 0 Å². The van der Waals surface area contributed by atoms with Gasteiger partial charge in [0.1, 0.15) is 14.4 Å². The second-order valence-electron chi connectivity index (χ2n) is 6.61. The van der Waals surface area contributed by atoms with Crippen LogP contribution in [-0.4, -0.2) is 14.4 Å². The van der Waals surface area contributed by atoms with Crippen LogP contribution in [0.1, 0.15) is 26.2 Å². The van der Waals surface area contributed by atoms with Crippen molar-refractivity contribution in [3.8, 4) is 11.1 Å². The van der Waals surface area contributed by atoms with Crippen LogP contribution >= 0.6 is 0 Å². The molecule has 0 heterocycles. The fraction of sp³-hybridized carbons (Fsp3) is 0.286. The molecule has 0 radical (unpaired) electrons. The number of carbonyl (C=O) groups excluding carboxylic acids is 1. The number of unbranched alkanes of at least 4 members (excludes halogenated alkanes) is 1. The Labute approximate surface area is 141 Å². The third-order valence-electron chi connectivity index (χ3n) is 4.25. The van der Waals surface area contributed by atoms with Crippen molar-refractivity contribution in [2.24, 2.45) is 0 Å². The van der Waals surface area contributed by atoms with Gasteiger partial charge in [0.25, 0.3) is 0 Å². The molecule has 0 fully saturated rings. The zero-order chi connectivity index (χ0) is 16.7. The number of aldehydes is 1. The molecule has 0 aliphatic rings. The van der Waals surface area contributed by atoms with E-state index in [1.54, 1.807) is 0 Å². The quantitative estimate of drug-likeness (QED) is 0.393. The van der Waals surface area contributed by atoms with Gasteiger partial charge in [-0.05, 0) is 29.5 Å². The molecule has 0 saturated carbocycles. The summed E-state index contributed by atoms with van der Waals surface area (Å²) < 4.78 is 0. The van der Waals surface area contributed by atoms with E-state index in [0.717, 1.165) is 31.1 Å². The zero-order valence-electron chi connectivity index (χ0n) is 14.4. The van der Waals surface area contributed by atoms with Crippen LogP contribution in [0.3, 0.4) is 0 Å². The Balaban J connectivity index is 2.23. The Morgan fingerprint density at radius 3 is 2.13 bits per heavy atom. The second-order valence-corrected chi connectivity index (χ2v) is 10.9. The van der Waals surface area contributed by atoms with Crippen molar-refractivity contribution in [3.63, 3.8) is 0 Å². The van der Waals surface area contributed by atoms with Gasteiger partial charge in [-0.1, -0.05) is 91.9 Å². The molecule has 2 rings (SSSR count). The van der Waals surface area contributed by atoms with Crippen LogP contribution in [-0.2, 0) is 4.79 Å². The molecule has 23 heavy (non-hydrogen) atoms. The summed E-state index contributed by atoms with van der Waals surface area (Å²) in [4.78, 5) is 11.3. The van der Waals surface area contributed by atoms with Crippen molar-refractivity contribution in [1.82, 2.24) is 0 Å². The largest absolute Gasteiger partial charge is 0.298 e. The highest BCUT2D eigenvalue weighted by molar-refractivity contribution is 6.94. The van der Waals surface area contributed by atoms with Crippen LogP contribution in [0.5, 0.6) is 0 Å². The molecule has 120 valence electrons. The maximum atomic E-state index is 11.3. The fourth-order valence-corrected chi connectivity index (χ4v) is 5.15. The lowest BCUT2D eigenvalue weighted by Crippen LogP contribution is -2.40. The number of benzene rings is 2. The summed E-state index contributed by atoms with van der Waals surface area (Å²) >= 11 is 0. The highest BCUT2D eigenvalue weighted by Gasteiger charge is 2.21. The third-order valence-corrected chi connectivity index (χ3v) is 7.17. The van der Waals surface area contributed by atoms with Gasteiger partial charge >= 0.3 is 0 Å². The minimum Gasteiger partial charge on any atom is -0.298 e. The number of rotatable bonds is 7. The van der Waals surface area contributed by atoms with Crippen LogP contribution in [0, 0.1) is 0 Å². The molecule has 0 bridgehead atoms. The summed E-state index contributed by atoms with van der Waals surface area (Å²) in [6, 6.07) is 19.3. The summed E-state index contributed by atoms with van der Waals surface area (Å²) in [5, 5.41) is 1.37. The summed E-state index contributed by atoms with van der Waals surface area (Å²) in [5.41, 5.74) is 5.71. The first kappa shape index (κ1) is 17.4. The molecule has 0 atom stereocenters. The average molecular weight is 323 g/mol. The highest BCUT2D eigenvalue weighted by Crippen LogP contribution is 2.19. The zero-order valence-corrected chi connectivity index (χ0v) is 15.4. The van der Waals surface area contributed by atoms with E-state index in [4.69, 9.17) is 0 Å². The van der Waals surface area contributed by atoms with Gasteiger partial charge in [0.05, 0.1) is 0 Å². The van der Waals surface area contributed by atoms with Crippen molar-refractivity contribution in [1.29, 1.82) is 0 Å². The van der Waals surface area contributed by atoms with Gasteiger partial charge in [-0.2, -0.15) is 0 Å². The average Bonchev–Trinajstić information content (AvgIpc) is 2.59. The van der Waals surface area contributed by atoms with E-state index in [9.17, 15) is 4.79 Å². The SMILES string of the molecule is CCCC/C(C=O)=C/[Si](C)(C)c1ccc(-c2ccccc2)cc1. The van der Waals surface area contributed by atoms with Crippen molar-refractivity contribution < 1.29 is 4.79 Å². The molecule has 2 aromatic carbocycles. The van der Waals surface area contributed by atoms with Crippen LogP contribution in [0.2, 0.25) is 13.1 Å². The summed E-state index contributed by atoms with van der Waals surface area (Å²) in [6.07, 6.45) is 4.15. The molecular weight excluding hydrogens is 296 g/mol. The van der Waals surface area contributed by atoms with E-state index in [1.807, 2.05) is 6.07 Å². The summed E-state index contributed by atoms with van der Waals surface area (Å²) in [7, 11) is -1.73. The molecule has 2 aromatic rings. The first-order valence-corrected chi connectivity index (χ1v) is 11.5. The highest BCUT2D eigenvalue weighted by atomic mass is 28.3. The third kappa shape index (κ3) is 4.77. The Morgan fingerprint density at radius 2 is 1.57 bits per heavy atom. The van der Waals surface area contributed by atoms with Crippen LogP contribution in [0.15, 0.2) is 65.9 Å². The monoisotopic (exact) mass is 322 g/mol. The van der Waals surface area contributed by atoms with Gasteiger partial charge in [-0.15, -0.1) is 0 Å². The molecule has 0 aromatic heterocycles. The van der Waals surface area contributed by atoms with E-state index < -0.39 is 8.07 Å². The van der Waals surface area contributed by atoms with Gasteiger partial charge in [0.15, 0.2) is 0 Å². The Morgan fingerprint density at radius 1 is 0.957 bits per heavy atom. The first-order chi connectivity index (χ1) is 11.1. The van der Waals surface area contributed by atoms with E-state index >= 15 is 0 Å². The van der Waals surface area contributed by atoms with Crippen molar-refractivity contribution in [2.75, 3.05) is 0 Å². The topological polar surface area (TPSA) is 17.1 Å². The molecule has 0 unspecified atom stereocenters. The van der Waals surface area contributed by atoms with Crippen LogP contribution in [0.4, 0.5) is 0 Å². The minimum atomic E-state index is -1.73. The Kier molecular flexibility index (Phi) is 6.11. The maximum Gasteiger partial charge on any atom is 0.145 e. The Hall–Kier alpha value is -1.93. The van der Waals surface area contributed by atoms with Crippen molar-refractivity contribution in [2.45, 2.75) is 39.3 Å². The molecular formula is C21H26OSi. The molecule has 0 spiro atoms. The van der Waals surface area contributed by atoms with Crippen molar-refractivity contribution >= 4 is 19.5 Å². The van der Waals surface area contributed by atoms with Crippen molar-refractivity contribution in [3.05, 3.63) is 65.9 Å². The van der Waals surface area contributed by atoms with Gasteiger partial charge in [0.2, 0.25) is 0 Å². The lowest BCUT2D eigenvalue weighted by molar-refractivity contribution is -0.105. The maximum absolute atomic E-state index is 11.3. The number of hydrogen-bond donors (Lipinski definition) is 0. The smallest absolute Gasteiger partial charge is 0.145 e. The molecule has 1 nitrogen and oxygen atoms in total. The molecule has 0 amide bonds. The molecule has 0 aliphatic heterocycles. The van der Waals surface area contributed by atoms with E-state index in [-0.39, 0.29) is 0 Å². The number of hydrogen-bond acceptors (Lipinski definition) is 1. The normalized spacial score (nSPS) is 12.2. The number of carbonyl (C=O) groups is 1. The van der Waals surface area contributed by atoms with Crippen LogP contribution < -0.4 is 5.19 Å². The van der Waals surface area contributed by atoms with E-state index in [2.05, 4.69) is 74.2 Å². The molecule has 2 heteroatoms. The van der Waals surface area contributed by atoms with Gasteiger partial charge < -0.3 is 0 Å². The summed E-state index contributed by atoms with van der Waals surface area (Å²) in [6.45, 7) is 6.77. The van der Waals surface area contributed by atoms with E-state index in [1.165, 1.54) is 16.3 Å². The van der Waals surface area contributed by atoms with Gasteiger partial charge in [-0.25, -0.2) is 0 Å². The van der Waals surface area contributed by atoms with Gasteiger partial charge in [-0.3, -0.25) is 4.79 Å². The first-order valence-electron chi connectivity index (χ1n) is 8.39. The lowest BCUT2D eigenvalue weighted by atomic mass is 10.1. The second kappa shape index (κ2) is 8.07. The molecule has 0 saturated heterocycles.